The summed E-state index contributed by atoms with van der Waals surface area (Å²) in [6, 6.07) is 0. The van der Waals surface area contributed by atoms with Gasteiger partial charge in [-0.05, 0) is 0 Å². The molecule has 0 saturated carbocycles. The van der Waals surface area contributed by atoms with Crippen LogP contribution >= 0.6 is 11.3 Å². The quantitative estimate of drug-likeness (QED) is 0.704. The van der Waals surface area contributed by atoms with Gasteiger partial charge in [-0.1, -0.05) is 17.3 Å². The maximum Gasteiger partial charge on any atom is 0.281 e. The molecule has 0 spiro atoms. The van der Waals surface area contributed by atoms with E-state index in [1.54, 1.807) is 13.4 Å². The van der Waals surface area contributed by atoms with Gasteiger partial charge in [0.05, 0.1) is 12.9 Å². The van der Waals surface area contributed by atoms with Gasteiger partial charge in [0.2, 0.25) is 0 Å². The molecule has 3 aromatic heterocycles. The molecule has 2 N–H and O–H groups in total. The van der Waals surface area contributed by atoms with Crippen molar-refractivity contribution in [2.24, 2.45) is 7.05 Å². The first-order valence-corrected chi connectivity index (χ1v) is 6.98. The van der Waals surface area contributed by atoms with Gasteiger partial charge in [0.25, 0.3) is 5.91 Å². The van der Waals surface area contributed by atoms with E-state index in [0.29, 0.717) is 21.2 Å². The Hall–Kier alpha value is -2.66. The number of carbonyl (C=O) groups excluding carboxylic acids is 1. The van der Waals surface area contributed by atoms with Crippen LogP contribution in [0.5, 0.6) is 0 Å². The summed E-state index contributed by atoms with van der Waals surface area (Å²) in [5.41, 5.74) is 2.24. The average Bonchev–Trinajstić information content (AvgIpc) is 3.07. The Morgan fingerprint density at radius 1 is 1.48 bits per heavy atom. The van der Waals surface area contributed by atoms with Crippen LogP contribution in [0.4, 0.5) is 5.82 Å². The molecule has 7 nitrogen and oxygen atoms in total. The number of hydrogen-bond donors (Lipinski definition) is 2. The van der Waals surface area contributed by atoms with E-state index in [0.717, 1.165) is 11.0 Å². The third kappa shape index (κ3) is 2.08. The van der Waals surface area contributed by atoms with Crippen molar-refractivity contribution in [3.05, 3.63) is 11.3 Å². The minimum Gasteiger partial charge on any atom is -0.371 e. The monoisotopic (exact) mass is 300 g/mol. The molecule has 3 rings (SSSR count). The number of fused-ring (bicyclic) bond motifs is 3. The zero-order valence-electron chi connectivity index (χ0n) is 11.5. The van der Waals surface area contributed by atoms with Crippen LogP contribution in [0, 0.1) is 12.3 Å². The lowest BCUT2D eigenvalue weighted by Crippen LogP contribution is -2.23. The van der Waals surface area contributed by atoms with Crippen LogP contribution in [0.1, 0.15) is 9.80 Å². The number of hydrogen-bond acceptors (Lipinski definition) is 6. The third-order valence-corrected chi connectivity index (χ3v) is 3.94. The molecule has 0 aliphatic rings. The summed E-state index contributed by atoms with van der Waals surface area (Å²) >= 11 is 1.23. The number of aryl methyl sites for hydroxylation is 1. The summed E-state index contributed by atoms with van der Waals surface area (Å²) in [6.07, 6.45) is 6.83. The molecular weight excluding hydrogens is 288 g/mol. The van der Waals surface area contributed by atoms with Gasteiger partial charge < -0.3 is 15.2 Å². The number of rotatable bonds is 3. The molecule has 0 aliphatic heterocycles. The minimum atomic E-state index is -0.294. The van der Waals surface area contributed by atoms with E-state index in [2.05, 4.69) is 31.5 Å². The zero-order chi connectivity index (χ0) is 15.0. The maximum absolute atomic E-state index is 12.0. The summed E-state index contributed by atoms with van der Waals surface area (Å²) in [5.74, 6) is 2.73. The number of carbonyl (C=O) groups is 1. The molecule has 21 heavy (non-hydrogen) atoms. The van der Waals surface area contributed by atoms with Crippen LogP contribution in [0.25, 0.3) is 21.4 Å². The van der Waals surface area contributed by atoms with Gasteiger partial charge in [-0.3, -0.25) is 4.79 Å². The average molecular weight is 300 g/mol. The van der Waals surface area contributed by atoms with Crippen molar-refractivity contribution in [2.75, 3.05) is 18.9 Å². The van der Waals surface area contributed by atoms with E-state index in [1.165, 1.54) is 11.3 Å². The second kappa shape index (κ2) is 5.03. The number of amides is 1. The van der Waals surface area contributed by atoms with Crippen LogP contribution in [-0.2, 0) is 7.05 Å². The highest BCUT2D eigenvalue weighted by atomic mass is 32.1. The predicted octanol–water partition coefficient (Wildman–Crippen LogP) is 0.983. The third-order valence-electron chi connectivity index (χ3n) is 2.99. The first kappa shape index (κ1) is 13.3. The molecule has 0 atom stereocenters. The number of thiazole rings is 1. The molecule has 3 aromatic rings. The summed E-state index contributed by atoms with van der Waals surface area (Å²) in [6.45, 7) is 0.172. The lowest BCUT2D eigenvalue weighted by Gasteiger charge is -2.01. The molecule has 1 amide bonds. The molecule has 0 aliphatic carbocycles. The predicted molar refractivity (Wildman–Crippen MR) is 82.4 cm³/mol. The van der Waals surface area contributed by atoms with Crippen LogP contribution in [0.2, 0.25) is 0 Å². The fourth-order valence-corrected chi connectivity index (χ4v) is 2.92. The number of nitrogens with zero attached hydrogens (tertiary/aromatic N) is 4. The Balaban J connectivity index is 2.21. The van der Waals surface area contributed by atoms with Crippen LogP contribution < -0.4 is 10.6 Å². The molecule has 0 saturated heterocycles. The Morgan fingerprint density at radius 3 is 3.00 bits per heavy atom. The number of imidazole rings is 1. The molecule has 0 bridgehead atoms. The van der Waals surface area contributed by atoms with Gasteiger partial charge in [0, 0.05) is 14.1 Å². The highest BCUT2D eigenvalue weighted by Gasteiger charge is 2.18. The molecular formula is C13H12N6OS. The van der Waals surface area contributed by atoms with Crippen molar-refractivity contribution < 1.29 is 4.79 Å². The van der Waals surface area contributed by atoms with Gasteiger partial charge in [-0.2, -0.15) is 0 Å². The van der Waals surface area contributed by atoms with E-state index >= 15 is 0 Å². The van der Waals surface area contributed by atoms with E-state index < -0.39 is 0 Å². The van der Waals surface area contributed by atoms with Crippen molar-refractivity contribution in [1.82, 2.24) is 24.8 Å². The Kier molecular flexibility index (Phi) is 3.19. The highest BCUT2D eigenvalue weighted by molar-refractivity contribution is 7.20. The number of terminal acetylenes is 1. The van der Waals surface area contributed by atoms with Crippen molar-refractivity contribution in [1.29, 1.82) is 0 Å². The number of nitrogens with one attached hydrogen (secondary N) is 2. The van der Waals surface area contributed by atoms with Gasteiger partial charge >= 0.3 is 0 Å². The van der Waals surface area contributed by atoms with Crippen molar-refractivity contribution in [2.45, 2.75) is 0 Å². The van der Waals surface area contributed by atoms with E-state index in [-0.39, 0.29) is 12.5 Å². The van der Waals surface area contributed by atoms with Gasteiger partial charge in [0.1, 0.15) is 21.4 Å². The van der Waals surface area contributed by atoms with E-state index in [4.69, 9.17) is 6.42 Å². The Bertz CT molecular complexity index is 887. The molecule has 8 heteroatoms. The second-order valence-electron chi connectivity index (χ2n) is 4.32. The Labute approximate surface area is 124 Å². The van der Waals surface area contributed by atoms with Crippen molar-refractivity contribution in [3.8, 4) is 12.3 Å². The molecule has 106 valence electrons. The van der Waals surface area contributed by atoms with Gasteiger partial charge in [-0.25, -0.2) is 15.0 Å². The summed E-state index contributed by atoms with van der Waals surface area (Å²) in [5, 5.41) is 5.95. The van der Waals surface area contributed by atoms with Crippen molar-refractivity contribution in [3.63, 3.8) is 0 Å². The summed E-state index contributed by atoms with van der Waals surface area (Å²) in [4.78, 5) is 25.8. The molecule has 0 radical (unpaired) electrons. The van der Waals surface area contributed by atoms with Gasteiger partial charge in [0.15, 0.2) is 10.8 Å². The second-order valence-corrected chi connectivity index (χ2v) is 5.30. The fourth-order valence-electron chi connectivity index (χ4n) is 2.06. The number of pyridine rings is 1. The largest absolute Gasteiger partial charge is 0.371 e. The standard InChI is InChI=1S/C13H12N6OS/c1-4-5-15-11(20)13-17-8-9-7(16-6-19(9)3)10(14-2)18-12(8)21-13/h1,6H,5H2,2-3H3,(H,14,18)(H,15,20). The van der Waals surface area contributed by atoms with Crippen LogP contribution in [0.15, 0.2) is 6.33 Å². The van der Waals surface area contributed by atoms with E-state index in [9.17, 15) is 4.79 Å². The molecule has 3 heterocycles. The molecule has 0 unspecified atom stereocenters. The summed E-state index contributed by atoms with van der Waals surface area (Å²) < 4.78 is 1.86. The first-order valence-electron chi connectivity index (χ1n) is 6.16. The topological polar surface area (TPSA) is 84.7 Å². The lowest BCUT2D eigenvalue weighted by molar-refractivity contribution is 0.0958. The molecule has 0 aromatic carbocycles. The van der Waals surface area contributed by atoms with Crippen LogP contribution in [-0.4, -0.2) is 39.0 Å². The van der Waals surface area contributed by atoms with Gasteiger partial charge in [-0.15, -0.1) is 6.42 Å². The van der Waals surface area contributed by atoms with Crippen LogP contribution in [0.3, 0.4) is 0 Å². The smallest absolute Gasteiger partial charge is 0.281 e. The maximum atomic E-state index is 12.0. The number of aromatic nitrogens is 4. The highest BCUT2D eigenvalue weighted by Crippen LogP contribution is 2.30. The van der Waals surface area contributed by atoms with Crippen molar-refractivity contribution >= 4 is 44.4 Å². The minimum absolute atomic E-state index is 0.172. The summed E-state index contributed by atoms with van der Waals surface area (Å²) in [7, 11) is 3.66. The first-order chi connectivity index (χ1) is 10.2. The van der Waals surface area contributed by atoms with E-state index in [1.807, 2.05) is 11.6 Å². The lowest BCUT2D eigenvalue weighted by atomic mass is 10.3. The number of anilines is 1. The normalized spacial score (nSPS) is 10.7. The fraction of sp³-hybridized carbons (Fsp3) is 0.231. The molecule has 0 fully saturated rings. The Morgan fingerprint density at radius 2 is 2.29 bits per heavy atom. The SMILES string of the molecule is C#CCNC(=O)c1nc2c(nc(NC)c3ncn(C)c32)s1. The zero-order valence-corrected chi connectivity index (χ0v) is 12.3.